The van der Waals surface area contributed by atoms with Gasteiger partial charge in [0, 0.05) is 18.5 Å². The molecule has 0 spiro atoms. The predicted octanol–water partition coefficient (Wildman–Crippen LogP) is 2.58. The third-order valence-corrected chi connectivity index (χ3v) is 3.94. The van der Waals surface area contributed by atoms with E-state index in [1.165, 1.54) is 18.8 Å². The number of carbonyl (C=O) groups excluding carboxylic acids is 3. The number of amides is 1. The smallest absolute Gasteiger partial charge is 0.339 e. The fraction of sp³-hybridized carbons (Fsp3) is 0.150. The van der Waals surface area contributed by atoms with Crippen molar-refractivity contribution in [3.63, 3.8) is 0 Å². The van der Waals surface area contributed by atoms with E-state index in [2.05, 4.69) is 5.32 Å². The molecule has 7 nitrogen and oxygen atoms in total. The highest BCUT2D eigenvalue weighted by Gasteiger charge is 2.16. The van der Waals surface area contributed by atoms with E-state index >= 15 is 0 Å². The summed E-state index contributed by atoms with van der Waals surface area (Å²) >= 11 is 0. The first kappa shape index (κ1) is 18.2. The second-order valence-electron chi connectivity index (χ2n) is 5.84. The average Bonchev–Trinajstić information content (AvgIpc) is 2.98. The number of rotatable bonds is 5. The Morgan fingerprint density at radius 1 is 1.04 bits per heavy atom. The molecular weight excluding hydrogens is 348 g/mol. The number of nitrogens with one attached hydrogen (secondary N) is 1. The topological polar surface area (TPSA) is 86.6 Å². The minimum atomic E-state index is -0.530. The maximum atomic E-state index is 12.5. The van der Waals surface area contributed by atoms with Crippen molar-refractivity contribution in [3.8, 4) is 0 Å². The van der Waals surface area contributed by atoms with Crippen molar-refractivity contribution >= 4 is 34.4 Å². The Morgan fingerprint density at radius 3 is 2.48 bits per heavy atom. The lowest BCUT2D eigenvalue weighted by molar-refractivity contribution is -0.140. The largest absolute Gasteiger partial charge is 0.465 e. The maximum absolute atomic E-state index is 12.5. The number of benzene rings is 2. The Hall–Kier alpha value is -3.61. The molecule has 0 bridgehead atoms. The Bertz CT molecular complexity index is 1020. The van der Waals surface area contributed by atoms with Gasteiger partial charge in [-0.25, -0.2) is 9.59 Å². The normalized spacial score (nSPS) is 10.4. The fourth-order valence-corrected chi connectivity index (χ4v) is 2.82. The van der Waals surface area contributed by atoms with E-state index in [-0.39, 0.29) is 17.9 Å². The van der Waals surface area contributed by atoms with Gasteiger partial charge in [-0.15, -0.1) is 0 Å². The highest BCUT2D eigenvalue weighted by Crippen LogP contribution is 2.22. The van der Waals surface area contributed by atoms with Crippen LogP contribution in [0.25, 0.3) is 10.9 Å². The minimum absolute atomic E-state index is 0.0459. The van der Waals surface area contributed by atoms with E-state index in [4.69, 9.17) is 9.57 Å². The van der Waals surface area contributed by atoms with Crippen molar-refractivity contribution in [2.45, 2.75) is 13.3 Å². The Kier molecular flexibility index (Phi) is 5.21. The zero-order valence-corrected chi connectivity index (χ0v) is 14.9. The van der Waals surface area contributed by atoms with Gasteiger partial charge in [0.1, 0.15) is 0 Å². The quantitative estimate of drug-likeness (QED) is 0.702. The summed E-state index contributed by atoms with van der Waals surface area (Å²) in [5, 5.41) is 3.53. The molecule has 0 fully saturated rings. The van der Waals surface area contributed by atoms with Crippen LogP contribution >= 0.6 is 0 Å². The number of hydrogen-bond donors (Lipinski definition) is 1. The third kappa shape index (κ3) is 3.98. The average molecular weight is 366 g/mol. The number of nitrogens with zero attached hydrogens (tertiary/aromatic N) is 1. The van der Waals surface area contributed by atoms with Gasteiger partial charge >= 0.3 is 11.9 Å². The molecule has 1 N–H and O–H groups in total. The molecule has 1 amide bonds. The summed E-state index contributed by atoms with van der Waals surface area (Å²) in [5.74, 6) is -1.30. The number of ether oxygens (including phenoxy) is 1. The van der Waals surface area contributed by atoms with Crippen LogP contribution in [0.5, 0.6) is 0 Å². The summed E-state index contributed by atoms with van der Waals surface area (Å²) in [6, 6.07) is 13.9. The van der Waals surface area contributed by atoms with E-state index in [1.54, 1.807) is 36.5 Å². The van der Waals surface area contributed by atoms with E-state index < -0.39 is 11.9 Å². The van der Waals surface area contributed by atoms with Crippen LogP contribution in [0.2, 0.25) is 0 Å². The summed E-state index contributed by atoms with van der Waals surface area (Å²) in [4.78, 5) is 40.8. The van der Waals surface area contributed by atoms with Crippen LogP contribution in [0.3, 0.4) is 0 Å². The van der Waals surface area contributed by atoms with E-state index in [0.29, 0.717) is 16.8 Å². The lowest BCUT2D eigenvalue weighted by atomic mass is 10.1. The van der Waals surface area contributed by atoms with Crippen molar-refractivity contribution < 1.29 is 24.0 Å². The van der Waals surface area contributed by atoms with Gasteiger partial charge < -0.3 is 14.9 Å². The van der Waals surface area contributed by atoms with Crippen molar-refractivity contribution in [3.05, 3.63) is 65.9 Å². The van der Waals surface area contributed by atoms with Crippen LogP contribution in [-0.4, -0.2) is 29.7 Å². The Morgan fingerprint density at radius 2 is 1.74 bits per heavy atom. The van der Waals surface area contributed by atoms with Gasteiger partial charge in [-0.05, 0) is 23.8 Å². The lowest BCUT2D eigenvalue weighted by Gasteiger charge is -2.09. The van der Waals surface area contributed by atoms with Crippen molar-refractivity contribution in [1.29, 1.82) is 0 Å². The Balaban J connectivity index is 1.85. The molecule has 0 atom stereocenters. The molecule has 138 valence electrons. The van der Waals surface area contributed by atoms with Gasteiger partial charge in [0.2, 0.25) is 5.91 Å². The zero-order valence-electron chi connectivity index (χ0n) is 14.9. The predicted molar refractivity (Wildman–Crippen MR) is 99.3 cm³/mol. The molecule has 3 rings (SSSR count). The van der Waals surface area contributed by atoms with Crippen LogP contribution in [0.15, 0.2) is 54.7 Å². The van der Waals surface area contributed by atoms with Crippen LogP contribution < -0.4 is 10.2 Å². The van der Waals surface area contributed by atoms with Crippen molar-refractivity contribution in [2.75, 3.05) is 12.4 Å². The molecule has 0 aliphatic carbocycles. The van der Waals surface area contributed by atoms with Crippen molar-refractivity contribution in [2.24, 2.45) is 0 Å². The molecule has 3 aromatic rings. The van der Waals surface area contributed by atoms with E-state index in [1.807, 2.05) is 18.2 Å². The maximum Gasteiger partial charge on any atom is 0.339 e. The SMILES string of the molecule is COC(=O)c1ccccc1NC(=O)Cc1cn(OC(C)=O)c2ccccc12. The first-order chi connectivity index (χ1) is 13.0. The molecule has 27 heavy (non-hydrogen) atoms. The molecule has 0 radical (unpaired) electrons. The minimum Gasteiger partial charge on any atom is -0.465 e. The molecule has 0 aliphatic heterocycles. The zero-order chi connectivity index (χ0) is 19.4. The highest BCUT2D eigenvalue weighted by atomic mass is 16.7. The summed E-state index contributed by atoms with van der Waals surface area (Å²) in [6.45, 7) is 1.31. The van der Waals surface area contributed by atoms with Gasteiger partial charge in [0.05, 0.1) is 30.3 Å². The lowest BCUT2D eigenvalue weighted by Crippen LogP contribution is -2.17. The second-order valence-corrected chi connectivity index (χ2v) is 5.84. The van der Waals surface area contributed by atoms with Crippen LogP contribution in [0, 0.1) is 0 Å². The molecule has 0 aliphatic rings. The van der Waals surface area contributed by atoms with Crippen LogP contribution in [0.1, 0.15) is 22.8 Å². The van der Waals surface area contributed by atoms with E-state index in [9.17, 15) is 14.4 Å². The number of fused-ring (bicyclic) bond motifs is 1. The molecular formula is C20H18N2O5. The number of hydrogen-bond acceptors (Lipinski definition) is 5. The van der Waals surface area contributed by atoms with Crippen molar-refractivity contribution in [1.82, 2.24) is 4.73 Å². The second kappa shape index (κ2) is 7.74. The molecule has 1 aromatic heterocycles. The van der Waals surface area contributed by atoms with Gasteiger partial charge in [-0.3, -0.25) is 4.79 Å². The van der Waals surface area contributed by atoms with Crippen LogP contribution in [-0.2, 0) is 20.7 Å². The standard InChI is InChI=1S/C20H18N2O5/c1-13(23)27-22-12-14(15-7-4-6-10-18(15)22)11-19(24)21-17-9-5-3-8-16(17)20(25)26-2/h3-10,12H,11H2,1-2H3,(H,21,24). The number of aromatic nitrogens is 1. The first-order valence-corrected chi connectivity index (χ1v) is 8.24. The number of carbonyl (C=O) groups is 3. The van der Waals surface area contributed by atoms with Crippen LogP contribution in [0.4, 0.5) is 5.69 Å². The monoisotopic (exact) mass is 366 g/mol. The van der Waals surface area contributed by atoms with E-state index in [0.717, 1.165) is 5.39 Å². The van der Waals surface area contributed by atoms with Gasteiger partial charge in [-0.2, -0.15) is 4.73 Å². The summed E-state index contributed by atoms with van der Waals surface area (Å²) in [6.07, 6.45) is 1.65. The summed E-state index contributed by atoms with van der Waals surface area (Å²) in [5.41, 5.74) is 2.03. The van der Waals surface area contributed by atoms with Gasteiger partial charge in [0.15, 0.2) is 0 Å². The van der Waals surface area contributed by atoms with Gasteiger partial charge in [-0.1, -0.05) is 30.3 Å². The number of methoxy groups -OCH3 is 1. The third-order valence-electron chi connectivity index (χ3n) is 3.94. The summed E-state index contributed by atoms with van der Waals surface area (Å²) < 4.78 is 6.08. The molecule has 0 saturated carbocycles. The number of anilines is 1. The molecule has 2 aromatic carbocycles. The Labute approximate surface area is 155 Å². The molecule has 1 heterocycles. The highest BCUT2D eigenvalue weighted by molar-refractivity contribution is 6.02. The summed E-state index contributed by atoms with van der Waals surface area (Å²) in [7, 11) is 1.28. The molecule has 0 saturated heterocycles. The molecule has 0 unspecified atom stereocenters. The van der Waals surface area contributed by atoms with Gasteiger partial charge in [0.25, 0.3) is 0 Å². The first-order valence-electron chi connectivity index (χ1n) is 8.24. The fourth-order valence-electron chi connectivity index (χ4n) is 2.82. The molecule has 7 heteroatoms. The number of para-hydroxylation sites is 2. The number of esters is 1.